The van der Waals surface area contributed by atoms with Crippen LogP contribution in [-0.4, -0.2) is 5.91 Å². The molecule has 4 rings (SSSR count). The molecule has 0 aliphatic heterocycles. The number of rotatable bonds is 6. The highest BCUT2D eigenvalue weighted by molar-refractivity contribution is 6.31. The van der Waals surface area contributed by atoms with Crippen molar-refractivity contribution >= 4 is 40.0 Å². The van der Waals surface area contributed by atoms with Crippen LogP contribution in [0.15, 0.2) is 84.4 Å². The van der Waals surface area contributed by atoms with Crippen molar-refractivity contribution in [3.63, 3.8) is 0 Å². The quantitative estimate of drug-likeness (QED) is 0.242. The number of ether oxygens (including phenoxy) is 1. The summed E-state index contributed by atoms with van der Waals surface area (Å²) in [6.45, 7) is 2.00. The number of carbonyl (C=O) groups is 1. The average molecular weight is 471 g/mol. The number of hydrogen-bond acceptors (Lipinski definition) is 3. The minimum absolute atomic E-state index is 0.0811. The smallest absolute Gasteiger partial charge is 0.266 e. The summed E-state index contributed by atoms with van der Waals surface area (Å²) in [5.74, 6) is -0.370. The van der Waals surface area contributed by atoms with Crippen LogP contribution in [0.1, 0.15) is 16.7 Å². The molecular weight excluding hydrogens is 451 g/mol. The lowest BCUT2D eigenvalue weighted by molar-refractivity contribution is -0.112. The summed E-state index contributed by atoms with van der Waals surface area (Å²) in [4.78, 5) is 12.9. The first-order valence-electron chi connectivity index (χ1n) is 10.5. The Labute approximate surface area is 201 Å². The van der Waals surface area contributed by atoms with Gasteiger partial charge in [0.2, 0.25) is 0 Å². The summed E-state index contributed by atoms with van der Waals surface area (Å²) in [6, 6.07) is 24.6. The molecule has 0 heterocycles. The molecule has 0 radical (unpaired) electrons. The van der Waals surface area contributed by atoms with E-state index in [4.69, 9.17) is 16.3 Å². The zero-order valence-electron chi connectivity index (χ0n) is 18.3. The summed E-state index contributed by atoms with van der Waals surface area (Å²) in [7, 11) is 0. The van der Waals surface area contributed by atoms with Gasteiger partial charge in [-0.2, -0.15) is 5.26 Å². The molecule has 1 N–H and O–H groups in total. The van der Waals surface area contributed by atoms with Crippen LogP contribution in [0.3, 0.4) is 0 Å². The van der Waals surface area contributed by atoms with Gasteiger partial charge in [0, 0.05) is 16.3 Å². The molecule has 0 saturated carbocycles. The number of anilines is 1. The van der Waals surface area contributed by atoms with Crippen molar-refractivity contribution in [2.24, 2.45) is 0 Å². The first-order chi connectivity index (χ1) is 16.5. The first kappa shape index (κ1) is 23.0. The van der Waals surface area contributed by atoms with Gasteiger partial charge in [-0.05, 0) is 65.2 Å². The lowest BCUT2D eigenvalue weighted by Crippen LogP contribution is -2.14. The van der Waals surface area contributed by atoms with Crippen LogP contribution in [0, 0.1) is 24.1 Å². The number of halogens is 2. The number of nitrogens with one attached hydrogen (secondary N) is 1. The van der Waals surface area contributed by atoms with E-state index in [1.807, 2.05) is 36.4 Å². The van der Waals surface area contributed by atoms with Gasteiger partial charge < -0.3 is 10.1 Å². The third kappa shape index (κ3) is 5.09. The number of carbonyl (C=O) groups excluding carboxylic acids is 1. The highest BCUT2D eigenvalue weighted by Crippen LogP contribution is 2.31. The minimum atomic E-state index is -0.551. The van der Waals surface area contributed by atoms with E-state index in [2.05, 4.69) is 5.32 Å². The van der Waals surface area contributed by atoms with E-state index in [9.17, 15) is 14.4 Å². The van der Waals surface area contributed by atoms with E-state index >= 15 is 0 Å². The van der Waals surface area contributed by atoms with Crippen molar-refractivity contribution in [1.82, 2.24) is 0 Å². The highest BCUT2D eigenvalue weighted by atomic mass is 35.5. The number of nitrogens with zero attached hydrogens (tertiary/aromatic N) is 1. The Bertz CT molecular complexity index is 1440. The monoisotopic (exact) mass is 470 g/mol. The van der Waals surface area contributed by atoms with Crippen molar-refractivity contribution in [1.29, 1.82) is 5.26 Å². The van der Waals surface area contributed by atoms with Crippen molar-refractivity contribution in [3.05, 3.63) is 112 Å². The standard InChI is InChI=1S/C28H20ClFN2O2/c1-18-25(29)7-4-8-26(18)32-28(33)21(16-31)15-24-23-6-3-2-5-20(23)11-14-27(24)34-17-19-9-12-22(30)13-10-19/h2-15H,17H2,1H3,(H,32,33)/b21-15+. The van der Waals surface area contributed by atoms with E-state index < -0.39 is 5.91 Å². The Balaban J connectivity index is 1.70. The van der Waals surface area contributed by atoms with Crippen LogP contribution in [0.5, 0.6) is 5.75 Å². The van der Waals surface area contributed by atoms with Crippen molar-refractivity contribution in [3.8, 4) is 11.8 Å². The summed E-state index contributed by atoms with van der Waals surface area (Å²) < 4.78 is 19.2. The molecule has 4 aromatic rings. The molecule has 0 spiro atoms. The van der Waals surface area contributed by atoms with Gasteiger partial charge in [0.05, 0.1) is 0 Å². The SMILES string of the molecule is Cc1c(Cl)cccc1NC(=O)/C(C#N)=C/c1c(OCc2ccc(F)cc2)ccc2ccccc12. The second-order valence-electron chi connectivity index (χ2n) is 7.65. The number of amides is 1. The summed E-state index contributed by atoms with van der Waals surface area (Å²) in [5, 5.41) is 14.8. The predicted molar refractivity (Wildman–Crippen MR) is 133 cm³/mol. The lowest BCUT2D eigenvalue weighted by atomic mass is 10.0. The van der Waals surface area contributed by atoms with E-state index in [-0.39, 0.29) is 18.0 Å². The number of fused-ring (bicyclic) bond motifs is 1. The summed E-state index contributed by atoms with van der Waals surface area (Å²) in [5.41, 5.74) is 2.56. The van der Waals surface area contributed by atoms with E-state index in [0.717, 1.165) is 16.3 Å². The van der Waals surface area contributed by atoms with E-state index in [1.54, 1.807) is 43.3 Å². The molecule has 0 aliphatic carbocycles. The molecule has 4 nitrogen and oxygen atoms in total. The normalized spacial score (nSPS) is 11.2. The van der Waals surface area contributed by atoms with Crippen LogP contribution < -0.4 is 10.1 Å². The topological polar surface area (TPSA) is 62.1 Å². The molecule has 1 amide bonds. The molecule has 0 aromatic heterocycles. The van der Waals surface area contributed by atoms with Gasteiger partial charge in [-0.15, -0.1) is 0 Å². The Morgan fingerprint density at radius 2 is 1.82 bits per heavy atom. The minimum Gasteiger partial charge on any atom is -0.488 e. The van der Waals surface area contributed by atoms with E-state index in [0.29, 0.717) is 27.6 Å². The van der Waals surface area contributed by atoms with Crippen LogP contribution >= 0.6 is 11.6 Å². The van der Waals surface area contributed by atoms with Gasteiger partial charge in [-0.3, -0.25) is 4.79 Å². The maximum atomic E-state index is 13.2. The van der Waals surface area contributed by atoms with Gasteiger partial charge in [-0.1, -0.05) is 60.1 Å². The molecule has 34 heavy (non-hydrogen) atoms. The van der Waals surface area contributed by atoms with Gasteiger partial charge in [0.15, 0.2) is 0 Å². The fraction of sp³-hybridized carbons (Fsp3) is 0.0714. The first-order valence-corrected chi connectivity index (χ1v) is 10.9. The van der Waals surface area contributed by atoms with E-state index in [1.165, 1.54) is 18.2 Å². The maximum absolute atomic E-state index is 13.2. The molecule has 6 heteroatoms. The average Bonchev–Trinajstić information content (AvgIpc) is 2.85. The maximum Gasteiger partial charge on any atom is 0.266 e. The van der Waals surface area contributed by atoms with Gasteiger partial charge in [0.1, 0.15) is 29.8 Å². The van der Waals surface area contributed by atoms with Crippen LogP contribution in [0.25, 0.3) is 16.8 Å². The van der Waals surface area contributed by atoms with Gasteiger partial charge >= 0.3 is 0 Å². The van der Waals surface area contributed by atoms with Crippen molar-refractivity contribution in [2.45, 2.75) is 13.5 Å². The highest BCUT2D eigenvalue weighted by Gasteiger charge is 2.15. The molecule has 0 unspecified atom stereocenters. The number of nitriles is 1. The van der Waals surface area contributed by atoms with Crippen LogP contribution in [0.2, 0.25) is 5.02 Å². The zero-order valence-corrected chi connectivity index (χ0v) is 19.1. The molecule has 0 aliphatic rings. The Hall–Kier alpha value is -4.14. The Morgan fingerprint density at radius 1 is 1.06 bits per heavy atom. The fourth-order valence-corrected chi connectivity index (χ4v) is 3.69. The number of benzene rings is 4. The zero-order chi connectivity index (χ0) is 24.1. The number of hydrogen-bond donors (Lipinski definition) is 1. The molecular formula is C28H20ClFN2O2. The lowest BCUT2D eigenvalue weighted by Gasteiger charge is -2.13. The molecule has 0 fully saturated rings. The third-order valence-electron chi connectivity index (χ3n) is 5.41. The molecule has 4 aromatic carbocycles. The predicted octanol–water partition coefficient (Wildman–Crippen LogP) is 7.07. The van der Waals surface area contributed by atoms with Crippen molar-refractivity contribution < 1.29 is 13.9 Å². The summed E-state index contributed by atoms with van der Waals surface area (Å²) >= 11 is 6.15. The molecule has 0 bridgehead atoms. The second kappa shape index (κ2) is 10.2. The third-order valence-corrected chi connectivity index (χ3v) is 5.82. The second-order valence-corrected chi connectivity index (χ2v) is 8.06. The molecule has 0 atom stereocenters. The largest absolute Gasteiger partial charge is 0.488 e. The molecule has 168 valence electrons. The molecule has 0 saturated heterocycles. The van der Waals surface area contributed by atoms with Crippen LogP contribution in [-0.2, 0) is 11.4 Å². The van der Waals surface area contributed by atoms with Gasteiger partial charge in [0.25, 0.3) is 5.91 Å². The fourth-order valence-electron chi connectivity index (χ4n) is 3.52. The Kier molecular flexibility index (Phi) is 6.91. The van der Waals surface area contributed by atoms with Crippen molar-refractivity contribution in [2.75, 3.05) is 5.32 Å². The summed E-state index contributed by atoms with van der Waals surface area (Å²) in [6.07, 6.45) is 1.53. The Morgan fingerprint density at radius 3 is 2.59 bits per heavy atom. The van der Waals surface area contributed by atoms with Crippen LogP contribution in [0.4, 0.5) is 10.1 Å². The van der Waals surface area contributed by atoms with Gasteiger partial charge in [-0.25, -0.2) is 4.39 Å².